The van der Waals surface area contributed by atoms with Gasteiger partial charge in [0.25, 0.3) is 5.91 Å². The average Bonchev–Trinajstić information content (AvgIpc) is 2.15. The summed E-state index contributed by atoms with van der Waals surface area (Å²) in [5.41, 5.74) is 2.11. The molecule has 5 nitrogen and oxygen atoms in total. The summed E-state index contributed by atoms with van der Waals surface area (Å²) in [4.78, 5) is 13.1. The van der Waals surface area contributed by atoms with Crippen LogP contribution in [0.3, 0.4) is 0 Å². The first-order valence-electron chi connectivity index (χ1n) is 4.57. The van der Waals surface area contributed by atoms with Crippen LogP contribution in [-0.4, -0.2) is 41.1 Å². The highest BCUT2D eigenvalue weighted by Crippen LogP contribution is 2.12. The first kappa shape index (κ1) is 10.4. The van der Waals surface area contributed by atoms with Crippen molar-refractivity contribution in [3.63, 3.8) is 0 Å². The van der Waals surface area contributed by atoms with Gasteiger partial charge < -0.3 is 5.11 Å². The molecule has 1 amide bonds. The van der Waals surface area contributed by atoms with Gasteiger partial charge in [-0.2, -0.15) is 0 Å². The van der Waals surface area contributed by atoms with Crippen LogP contribution < -0.4 is 11.3 Å². The molecule has 5 heteroatoms. The third kappa shape index (κ3) is 2.65. The molecule has 1 fully saturated rings. The molecular weight excluding hydrogens is 170 g/mol. The molecule has 0 spiro atoms. The summed E-state index contributed by atoms with van der Waals surface area (Å²) in [5, 5.41) is 9.38. The molecule has 0 radical (unpaired) electrons. The Balaban J connectivity index is 2.45. The summed E-state index contributed by atoms with van der Waals surface area (Å²) >= 11 is 0. The lowest BCUT2D eigenvalue weighted by atomic mass is 10.1. The number of hydrogen-bond acceptors (Lipinski definition) is 4. The van der Waals surface area contributed by atoms with E-state index in [4.69, 9.17) is 5.84 Å². The lowest BCUT2D eigenvalue weighted by molar-refractivity contribution is -0.127. The minimum atomic E-state index is -0.304. The first-order chi connectivity index (χ1) is 6.15. The topological polar surface area (TPSA) is 78.6 Å². The van der Waals surface area contributed by atoms with E-state index in [1.54, 1.807) is 6.92 Å². The Morgan fingerprint density at radius 3 is 3.00 bits per heavy atom. The van der Waals surface area contributed by atoms with Gasteiger partial charge in [-0.1, -0.05) is 0 Å². The molecule has 1 saturated heterocycles. The van der Waals surface area contributed by atoms with Gasteiger partial charge in [0.1, 0.15) is 0 Å². The maximum Gasteiger partial charge on any atom is 0.250 e. The second kappa shape index (κ2) is 4.55. The van der Waals surface area contributed by atoms with Gasteiger partial charge in [-0.3, -0.25) is 15.1 Å². The number of rotatable bonds is 2. The average molecular weight is 187 g/mol. The van der Waals surface area contributed by atoms with Gasteiger partial charge in [0.05, 0.1) is 12.1 Å². The Bertz CT molecular complexity index is 186. The molecule has 4 N–H and O–H groups in total. The lowest BCUT2D eigenvalue weighted by Gasteiger charge is -2.33. The van der Waals surface area contributed by atoms with Gasteiger partial charge in [0.15, 0.2) is 0 Å². The summed E-state index contributed by atoms with van der Waals surface area (Å²) in [6.45, 7) is 3.21. The SMILES string of the molecule is CC(C(=O)NN)N1CCCC(O)C1. The molecular formula is C8H17N3O2. The Morgan fingerprint density at radius 1 is 1.77 bits per heavy atom. The van der Waals surface area contributed by atoms with E-state index >= 15 is 0 Å². The highest BCUT2D eigenvalue weighted by molar-refractivity contribution is 5.80. The predicted octanol–water partition coefficient (Wildman–Crippen LogP) is -1.18. The number of hydrazine groups is 1. The Hall–Kier alpha value is -0.650. The van der Waals surface area contributed by atoms with Gasteiger partial charge in [-0.25, -0.2) is 5.84 Å². The third-order valence-electron chi connectivity index (χ3n) is 2.50. The number of piperidine rings is 1. The van der Waals surface area contributed by atoms with Gasteiger partial charge in [-0.05, 0) is 26.3 Å². The van der Waals surface area contributed by atoms with E-state index in [-0.39, 0.29) is 18.1 Å². The molecule has 0 saturated carbocycles. The Morgan fingerprint density at radius 2 is 2.46 bits per heavy atom. The zero-order chi connectivity index (χ0) is 9.84. The number of hydrogen-bond donors (Lipinski definition) is 3. The van der Waals surface area contributed by atoms with Crippen molar-refractivity contribution >= 4 is 5.91 Å². The Labute approximate surface area is 77.9 Å². The zero-order valence-electron chi connectivity index (χ0n) is 7.86. The smallest absolute Gasteiger partial charge is 0.250 e. The molecule has 1 aliphatic rings. The summed E-state index contributed by atoms with van der Waals surface area (Å²) in [7, 11) is 0. The molecule has 0 aromatic heterocycles. The number of aliphatic hydroxyl groups excluding tert-OH is 1. The van der Waals surface area contributed by atoms with E-state index in [0.717, 1.165) is 19.4 Å². The summed E-state index contributed by atoms with van der Waals surface area (Å²) in [6, 6.07) is -0.250. The minimum absolute atomic E-state index is 0.200. The fraction of sp³-hybridized carbons (Fsp3) is 0.875. The fourth-order valence-electron chi connectivity index (χ4n) is 1.62. The van der Waals surface area contributed by atoms with Crippen LogP contribution in [0.2, 0.25) is 0 Å². The summed E-state index contributed by atoms with van der Waals surface area (Å²) in [6.07, 6.45) is 1.46. The molecule has 0 aromatic carbocycles. The van der Waals surface area contributed by atoms with E-state index in [0.29, 0.717) is 6.54 Å². The van der Waals surface area contributed by atoms with Crippen LogP contribution in [0, 0.1) is 0 Å². The summed E-state index contributed by atoms with van der Waals surface area (Å²) in [5.74, 6) is 4.83. The van der Waals surface area contributed by atoms with Crippen molar-refractivity contribution in [1.82, 2.24) is 10.3 Å². The normalized spacial score (nSPS) is 26.8. The number of nitrogens with zero attached hydrogens (tertiary/aromatic N) is 1. The number of nitrogens with one attached hydrogen (secondary N) is 1. The third-order valence-corrected chi connectivity index (χ3v) is 2.50. The maximum absolute atomic E-state index is 11.2. The van der Waals surface area contributed by atoms with E-state index < -0.39 is 0 Å². The van der Waals surface area contributed by atoms with Crippen LogP contribution in [0.5, 0.6) is 0 Å². The van der Waals surface area contributed by atoms with E-state index in [9.17, 15) is 9.90 Å². The molecule has 1 heterocycles. The number of aliphatic hydroxyl groups is 1. The van der Waals surface area contributed by atoms with E-state index in [1.807, 2.05) is 4.90 Å². The quantitative estimate of drug-likeness (QED) is 0.289. The van der Waals surface area contributed by atoms with Gasteiger partial charge >= 0.3 is 0 Å². The van der Waals surface area contributed by atoms with Crippen molar-refractivity contribution in [2.24, 2.45) is 5.84 Å². The molecule has 13 heavy (non-hydrogen) atoms. The number of carbonyl (C=O) groups is 1. The van der Waals surface area contributed by atoms with Gasteiger partial charge in [0, 0.05) is 6.54 Å². The van der Waals surface area contributed by atoms with Gasteiger partial charge in [0.2, 0.25) is 0 Å². The van der Waals surface area contributed by atoms with Crippen molar-refractivity contribution in [3.05, 3.63) is 0 Å². The molecule has 2 unspecified atom stereocenters. The van der Waals surface area contributed by atoms with Crippen LogP contribution in [0.15, 0.2) is 0 Å². The second-order valence-corrected chi connectivity index (χ2v) is 3.48. The first-order valence-corrected chi connectivity index (χ1v) is 4.57. The van der Waals surface area contributed by atoms with Crippen molar-refractivity contribution < 1.29 is 9.90 Å². The molecule has 1 rings (SSSR count). The molecule has 0 bridgehead atoms. The molecule has 1 aliphatic heterocycles. The fourth-order valence-corrected chi connectivity index (χ4v) is 1.62. The molecule has 0 aliphatic carbocycles. The monoisotopic (exact) mass is 187 g/mol. The maximum atomic E-state index is 11.2. The standard InChI is InChI=1S/C8H17N3O2/c1-6(8(13)10-9)11-4-2-3-7(12)5-11/h6-7,12H,2-5,9H2,1H3,(H,10,13). The van der Waals surface area contributed by atoms with Crippen molar-refractivity contribution in [2.45, 2.75) is 31.9 Å². The predicted molar refractivity (Wildman–Crippen MR) is 48.6 cm³/mol. The Kier molecular flexibility index (Phi) is 3.65. The number of nitrogens with two attached hydrogens (primary N) is 1. The highest BCUT2D eigenvalue weighted by Gasteiger charge is 2.25. The molecule has 2 atom stereocenters. The lowest BCUT2D eigenvalue weighted by Crippen LogP contribution is -2.51. The molecule has 76 valence electrons. The van der Waals surface area contributed by atoms with Gasteiger partial charge in [-0.15, -0.1) is 0 Å². The van der Waals surface area contributed by atoms with Crippen molar-refractivity contribution in [3.8, 4) is 0 Å². The zero-order valence-corrected chi connectivity index (χ0v) is 7.86. The minimum Gasteiger partial charge on any atom is -0.392 e. The van der Waals surface area contributed by atoms with E-state index in [1.165, 1.54) is 0 Å². The van der Waals surface area contributed by atoms with Crippen molar-refractivity contribution in [2.75, 3.05) is 13.1 Å². The number of amides is 1. The molecule has 0 aromatic rings. The van der Waals surface area contributed by atoms with Crippen LogP contribution in [0.25, 0.3) is 0 Å². The number of carbonyl (C=O) groups excluding carboxylic acids is 1. The van der Waals surface area contributed by atoms with E-state index in [2.05, 4.69) is 5.43 Å². The van der Waals surface area contributed by atoms with Crippen LogP contribution >= 0.6 is 0 Å². The largest absolute Gasteiger partial charge is 0.392 e. The van der Waals surface area contributed by atoms with Crippen LogP contribution in [0.1, 0.15) is 19.8 Å². The summed E-state index contributed by atoms with van der Waals surface area (Å²) < 4.78 is 0. The van der Waals surface area contributed by atoms with Crippen LogP contribution in [-0.2, 0) is 4.79 Å². The second-order valence-electron chi connectivity index (χ2n) is 3.48. The van der Waals surface area contributed by atoms with Crippen molar-refractivity contribution in [1.29, 1.82) is 0 Å². The number of likely N-dealkylation sites (tertiary alicyclic amines) is 1. The number of β-amino-alcohol motifs (C(OH)–C–C–N with tert-alkyl or cyclic N) is 1. The highest BCUT2D eigenvalue weighted by atomic mass is 16.3. The van der Waals surface area contributed by atoms with Crippen LogP contribution in [0.4, 0.5) is 0 Å².